The molecule has 0 bridgehead atoms. The number of imidazole rings is 1. The SMILES string of the molecule is Cc1cccc(C)c1-n1c(-c2ccccc2)nc2c(Oc3ccc4c5ccccc5n(-c5cc(C(C)(C)C)ccn5)c4c3)cc(C3=Nc4ccccc4-c4ccccc4-c4ccccc43)cc21. The number of para-hydroxylation sites is 3. The fourth-order valence-corrected chi connectivity index (χ4v) is 10.00. The zero-order valence-corrected chi connectivity index (χ0v) is 38.1. The molecule has 0 aliphatic carbocycles. The summed E-state index contributed by atoms with van der Waals surface area (Å²) < 4.78 is 11.9. The molecule has 0 amide bonds. The Labute approximate surface area is 390 Å². The van der Waals surface area contributed by atoms with E-state index < -0.39 is 0 Å². The van der Waals surface area contributed by atoms with Crippen LogP contribution in [0.25, 0.3) is 78.0 Å². The van der Waals surface area contributed by atoms with Crippen molar-refractivity contribution in [1.29, 1.82) is 0 Å². The van der Waals surface area contributed by atoms with Crippen LogP contribution in [0.4, 0.5) is 5.69 Å². The topological polar surface area (TPSA) is 57.2 Å². The molecule has 6 nitrogen and oxygen atoms in total. The lowest BCUT2D eigenvalue weighted by Crippen LogP contribution is -2.12. The highest BCUT2D eigenvalue weighted by molar-refractivity contribution is 6.20. The Morgan fingerprint density at radius 1 is 0.493 bits per heavy atom. The average molecular weight is 866 g/mol. The van der Waals surface area contributed by atoms with Gasteiger partial charge >= 0.3 is 0 Å². The number of aliphatic imine (C=N–C) groups is 1. The maximum absolute atomic E-state index is 7.30. The van der Waals surface area contributed by atoms with Crippen molar-refractivity contribution < 1.29 is 4.74 Å². The van der Waals surface area contributed by atoms with Crippen LogP contribution in [0.3, 0.4) is 0 Å². The number of ether oxygens (including phenoxy) is 1. The van der Waals surface area contributed by atoms with Gasteiger partial charge in [-0.15, -0.1) is 0 Å². The van der Waals surface area contributed by atoms with E-state index in [1.165, 1.54) is 5.56 Å². The van der Waals surface area contributed by atoms with Gasteiger partial charge in [0.05, 0.1) is 33.6 Å². The van der Waals surface area contributed by atoms with Crippen LogP contribution in [0.5, 0.6) is 11.5 Å². The van der Waals surface area contributed by atoms with E-state index in [2.05, 4.69) is 226 Å². The highest BCUT2D eigenvalue weighted by Crippen LogP contribution is 2.45. The van der Waals surface area contributed by atoms with Crippen molar-refractivity contribution >= 4 is 44.2 Å². The van der Waals surface area contributed by atoms with E-state index in [9.17, 15) is 0 Å². The van der Waals surface area contributed by atoms with Crippen LogP contribution in [-0.2, 0) is 5.41 Å². The molecule has 322 valence electrons. The number of nitrogens with zero attached hydrogens (tertiary/aromatic N) is 5. The molecular weight excluding hydrogens is 819 g/mol. The first-order valence-electron chi connectivity index (χ1n) is 22.9. The molecule has 67 heavy (non-hydrogen) atoms. The summed E-state index contributed by atoms with van der Waals surface area (Å²) in [6.07, 6.45) is 1.92. The van der Waals surface area contributed by atoms with Gasteiger partial charge in [-0.3, -0.25) is 9.13 Å². The number of aryl methyl sites for hydroxylation is 2. The zero-order valence-electron chi connectivity index (χ0n) is 38.1. The third-order valence-corrected chi connectivity index (χ3v) is 13.2. The van der Waals surface area contributed by atoms with Crippen LogP contribution in [-0.4, -0.2) is 24.8 Å². The molecule has 0 radical (unpaired) electrons. The third-order valence-electron chi connectivity index (χ3n) is 13.2. The second-order valence-corrected chi connectivity index (χ2v) is 18.6. The normalized spacial score (nSPS) is 12.3. The molecular formula is C61H47N5O. The minimum Gasteiger partial charge on any atom is -0.455 e. The fourth-order valence-electron chi connectivity index (χ4n) is 10.00. The number of hydrogen-bond donors (Lipinski definition) is 0. The summed E-state index contributed by atoms with van der Waals surface area (Å²) in [5.74, 6) is 3.00. The van der Waals surface area contributed by atoms with Gasteiger partial charge in [0.1, 0.15) is 22.9 Å². The molecule has 12 rings (SSSR count). The van der Waals surface area contributed by atoms with Crippen molar-refractivity contribution in [3.63, 3.8) is 0 Å². The molecule has 6 heteroatoms. The van der Waals surface area contributed by atoms with Gasteiger partial charge < -0.3 is 4.74 Å². The van der Waals surface area contributed by atoms with Crippen molar-refractivity contribution in [2.75, 3.05) is 0 Å². The van der Waals surface area contributed by atoms with Gasteiger partial charge in [0, 0.05) is 45.3 Å². The van der Waals surface area contributed by atoms with Crippen LogP contribution < -0.4 is 4.74 Å². The van der Waals surface area contributed by atoms with Gasteiger partial charge in [-0.1, -0.05) is 154 Å². The highest BCUT2D eigenvalue weighted by Gasteiger charge is 2.26. The van der Waals surface area contributed by atoms with Gasteiger partial charge in [0.2, 0.25) is 0 Å². The quantitative estimate of drug-likeness (QED) is 0.167. The minimum atomic E-state index is -0.0489. The second kappa shape index (κ2) is 15.7. The molecule has 0 spiro atoms. The molecule has 0 saturated carbocycles. The second-order valence-electron chi connectivity index (χ2n) is 18.6. The van der Waals surface area contributed by atoms with E-state index in [0.717, 1.165) is 112 Å². The predicted octanol–water partition coefficient (Wildman–Crippen LogP) is 15.7. The smallest absolute Gasteiger partial charge is 0.155 e. The molecule has 4 heterocycles. The molecule has 8 aromatic carbocycles. The zero-order chi connectivity index (χ0) is 45.4. The molecule has 0 N–H and O–H groups in total. The van der Waals surface area contributed by atoms with Gasteiger partial charge in [0.25, 0.3) is 0 Å². The molecule has 1 aliphatic rings. The number of hydrogen-bond acceptors (Lipinski definition) is 4. The third kappa shape index (κ3) is 6.75. The van der Waals surface area contributed by atoms with Gasteiger partial charge in [-0.05, 0) is 101 Å². The lowest BCUT2D eigenvalue weighted by molar-refractivity contribution is 0.488. The fraction of sp³-hybridized carbons (Fsp3) is 0.0984. The first-order chi connectivity index (χ1) is 32.7. The monoisotopic (exact) mass is 865 g/mol. The number of fused-ring (bicyclic) bond motifs is 9. The molecule has 0 fully saturated rings. The molecule has 1 aliphatic heterocycles. The van der Waals surface area contributed by atoms with E-state index in [1.807, 2.05) is 12.3 Å². The lowest BCUT2D eigenvalue weighted by Gasteiger charge is -2.21. The number of rotatable bonds is 6. The summed E-state index contributed by atoms with van der Waals surface area (Å²) in [4.78, 5) is 16.1. The van der Waals surface area contributed by atoms with E-state index in [4.69, 9.17) is 19.7 Å². The van der Waals surface area contributed by atoms with E-state index in [1.54, 1.807) is 0 Å². The molecule has 3 aromatic heterocycles. The largest absolute Gasteiger partial charge is 0.455 e. The summed E-state index contributed by atoms with van der Waals surface area (Å²) >= 11 is 0. The Balaban J connectivity index is 1.14. The van der Waals surface area contributed by atoms with Gasteiger partial charge in [-0.25, -0.2) is 15.0 Å². The summed E-state index contributed by atoms with van der Waals surface area (Å²) in [6, 6.07) is 66.3. The number of pyridine rings is 1. The van der Waals surface area contributed by atoms with E-state index in [-0.39, 0.29) is 5.41 Å². The lowest BCUT2D eigenvalue weighted by atomic mass is 9.87. The summed E-state index contributed by atoms with van der Waals surface area (Å²) in [5.41, 5.74) is 17.5. The molecule has 11 aromatic rings. The molecule has 0 unspecified atom stereocenters. The summed E-state index contributed by atoms with van der Waals surface area (Å²) in [7, 11) is 0. The van der Waals surface area contributed by atoms with Crippen LogP contribution in [0.2, 0.25) is 0 Å². The maximum Gasteiger partial charge on any atom is 0.155 e. The molecule has 0 saturated heterocycles. The number of benzene rings is 8. The van der Waals surface area contributed by atoms with Crippen molar-refractivity contribution in [2.45, 2.75) is 40.0 Å². The van der Waals surface area contributed by atoms with Crippen molar-refractivity contribution in [3.05, 3.63) is 222 Å². The highest BCUT2D eigenvalue weighted by atomic mass is 16.5. The Morgan fingerprint density at radius 3 is 1.90 bits per heavy atom. The van der Waals surface area contributed by atoms with E-state index in [0.29, 0.717) is 11.5 Å². The average Bonchev–Trinajstić information content (AvgIpc) is 3.89. The van der Waals surface area contributed by atoms with Crippen molar-refractivity contribution in [3.8, 4) is 56.6 Å². The van der Waals surface area contributed by atoms with Crippen LogP contribution in [0, 0.1) is 13.8 Å². The Bertz CT molecular complexity index is 3770. The Morgan fingerprint density at radius 2 is 1.13 bits per heavy atom. The summed E-state index contributed by atoms with van der Waals surface area (Å²) in [6.45, 7) is 11.1. The van der Waals surface area contributed by atoms with Crippen molar-refractivity contribution in [2.24, 2.45) is 4.99 Å². The predicted molar refractivity (Wildman–Crippen MR) is 276 cm³/mol. The van der Waals surface area contributed by atoms with Crippen LogP contribution >= 0.6 is 0 Å². The standard InChI is InChI=1S/C61H47N5O/c1-38-18-17-19-39(2)59(38)66-54-34-41(57-50-27-12-11-24-46(50)44-22-9-10-23-45(44)47-25-13-15-28-51(47)63-57)35-55(58(54)64-60(66)40-20-7-6-8-21-40)67-43-30-31-49-48-26-14-16-29-52(48)65(53(49)37-43)56-36-42(32-33-62-56)61(3,4)5/h6-37H,1-5H3. The van der Waals surface area contributed by atoms with Gasteiger partial charge in [0.15, 0.2) is 5.75 Å². The Hall–Kier alpha value is -8.35. The van der Waals surface area contributed by atoms with Crippen molar-refractivity contribution in [1.82, 2.24) is 19.1 Å². The maximum atomic E-state index is 7.30. The Kier molecular flexibility index (Phi) is 9.40. The van der Waals surface area contributed by atoms with E-state index >= 15 is 0 Å². The van der Waals surface area contributed by atoms with Crippen LogP contribution in [0.15, 0.2) is 199 Å². The first kappa shape index (κ1) is 40.2. The van der Waals surface area contributed by atoms with Crippen LogP contribution in [0.1, 0.15) is 48.6 Å². The summed E-state index contributed by atoms with van der Waals surface area (Å²) in [5, 5.41) is 2.27. The number of aromatic nitrogens is 4. The first-order valence-corrected chi connectivity index (χ1v) is 22.9. The van der Waals surface area contributed by atoms with Gasteiger partial charge in [-0.2, -0.15) is 0 Å². The molecule has 0 atom stereocenters. The minimum absolute atomic E-state index is 0.0489.